The van der Waals surface area contributed by atoms with Gasteiger partial charge >= 0.3 is 5.69 Å². The van der Waals surface area contributed by atoms with Gasteiger partial charge in [-0.1, -0.05) is 23.2 Å². The third-order valence-corrected chi connectivity index (χ3v) is 5.18. The Balaban J connectivity index is 1.59. The van der Waals surface area contributed by atoms with Gasteiger partial charge in [0.2, 0.25) is 11.7 Å². The summed E-state index contributed by atoms with van der Waals surface area (Å²) >= 11 is 12.0. The fourth-order valence-electron chi connectivity index (χ4n) is 2.95. The normalized spacial score (nSPS) is 11.0. The lowest BCUT2D eigenvalue weighted by Crippen LogP contribution is -2.27. The molecule has 4 aromatic rings. The van der Waals surface area contributed by atoms with Gasteiger partial charge in [-0.25, -0.2) is 9.67 Å². The fourth-order valence-corrected chi connectivity index (χ4v) is 3.24. The third kappa shape index (κ3) is 4.03. The predicted octanol–water partition coefficient (Wildman–Crippen LogP) is 3.58. The van der Waals surface area contributed by atoms with Crippen molar-refractivity contribution >= 4 is 51.5 Å². The number of nitrogens with one attached hydrogen (secondary N) is 1. The number of nitro benzene ring substituents is 1. The Bertz CT molecular complexity index is 1450. The van der Waals surface area contributed by atoms with Crippen molar-refractivity contribution in [3.05, 3.63) is 85.3 Å². The molecule has 10 nitrogen and oxygen atoms in total. The topological polar surface area (TPSA) is 125 Å². The van der Waals surface area contributed by atoms with Gasteiger partial charge in [0.05, 0.1) is 26.9 Å². The van der Waals surface area contributed by atoms with Crippen LogP contribution in [-0.2, 0) is 11.3 Å². The van der Waals surface area contributed by atoms with Crippen molar-refractivity contribution < 1.29 is 14.1 Å². The Morgan fingerprint density at radius 3 is 2.69 bits per heavy atom. The van der Waals surface area contributed by atoms with Crippen molar-refractivity contribution in [1.82, 2.24) is 19.3 Å². The molecule has 2 aromatic heterocycles. The first-order valence-electron chi connectivity index (χ1n) is 8.87. The van der Waals surface area contributed by atoms with E-state index in [-0.39, 0.29) is 16.7 Å². The molecule has 0 saturated carbocycles. The van der Waals surface area contributed by atoms with Gasteiger partial charge in [0, 0.05) is 11.8 Å². The van der Waals surface area contributed by atoms with E-state index in [1.165, 1.54) is 23.3 Å². The third-order valence-electron chi connectivity index (χ3n) is 4.44. The van der Waals surface area contributed by atoms with Gasteiger partial charge in [0.1, 0.15) is 18.3 Å². The molecule has 0 spiro atoms. The van der Waals surface area contributed by atoms with Crippen LogP contribution in [0, 0.1) is 15.9 Å². The zero-order valence-corrected chi connectivity index (χ0v) is 17.3. The van der Waals surface area contributed by atoms with Crippen LogP contribution in [0.4, 0.5) is 15.8 Å². The Morgan fingerprint density at radius 2 is 1.97 bits per heavy atom. The van der Waals surface area contributed by atoms with Crippen molar-refractivity contribution in [2.45, 2.75) is 6.54 Å². The molecule has 0 aliphatic rings. The second kappa shape index (κ2) is 8.36. The number of carbonyl (C=O) groups is 1. The highest BCUT2D eigenvalue weighted by Crippen LogP contribution is 2.25. The molecular formula is C19H11Cl2FN6O4. The predicted molar refractivity (Wildman–Crippen MR) is 115 cm³/mol. The van der Waals surface area contributed by atoms with Crippen molar-refractivity contribution in [3.63, 3.8) is 0 Å². The molecule has 0 aliphatic carbocycles. The smallest absolute Gasteiger partial charge is 0.306 e. The Labute approximate surface area is 188 Å². The molecule has 0 bridgehead atoms. The number of amides is 1. The number of benzene rings is 2. The summed E-state index contributed by atoms with van der Waals surface area (Å²) in [5.41, 5.74) is -0.508. The highest BCUT2D eigenvalue weighted by Gasteiger charge is 2.17. The van der Waals surface area contributed by atoms with Crippen LogP contribution < -0.4 is 10.9 Å². The number of nitrogens with zero attached hydrogens (tertiary/aromatic N) is 5. The first-order chi connectivity index (χ1) is 15.2. The maximum atomic E-state index is 13.4. The van der Waals surface area contributed by atoms with Crippen molar-refractivity contribution in [2.24, 2.45) is 0 Å². The highest BCUT2D eigenvalue weighted by atomic mass is 35.5. The number of hydrogen-bond acceptors (Lipinski definition) is 6. The zero-order valence-electron chi connectivity index (χ0n) is 15.8. The summed E-state index contributed by atoms with van der Waals surface area (Å²) in [5.74, 6) is -1.69. The van der Waals surface area contributed by atoms with Crippen molar-refractivity contribution in [3.8, 4) is 5.69 Å². The van der Waals surface area contributed by atoms with Crippen LogP contribution in [0.5, 0.6) is 0 Å². The molecule has 0 aliphatic heterocycles. The lowest BCUT2D eigenvalue weighted by Gasteiger charge is -2.08. The number of hydrogen-bond donors (Lipinski definition) is 1. The maximum Gasteiger partial charge on any atom is 0.306 e. The number of nitro groups is 1. The molecule has 0 fully saturated rings. The van der Waals surface area contributed by atoms with Gasteiger partial charge in [0.15, 0.2) is 5.65 Å². The van der Waals surface area contributed by atoms with E-state index in [0.717, 1.165) is 16.7 Å². The molecule has 13 heteroatoms. The van der Waals surface area contributed by atoms with Crippen LogP contribution >= 0.6 is 23.2 Å². The van der Waals surface area contributed by atoms with Gasteiger partial charge < -0.3 is 5.32 Å². The first kappa shape index (κ1) is 21.4. The summed E-state index contributed by atoms with van der Waals surface area (Å²) in [4.78, 5) is 39.2. The minimum Gasteiger partial charge on any atom is -0.324 e. The summed E-state index contributed by atoms with van der Waals surface area (Å²) in [6.45, 7) is -0.426. The van der Waals surface area contributed by atoms with Crippen LogP contribution in [0.3, 0.4) is 0 Å². The quantitative estimate of drug-likeness (QED) is 0.346. The number of halogens is 3. The number of aromatic nitrogens is 4. The van der Waals surface area contributed by atoms with Gasteiger partial charge in [-0.15, -0.1) is 0 Å². The Morgan fingerprint density at radius 1 is 1.19 bits per heavy atom. The van der Waals surface area contributed by atoms with Gasteiger partial charge in [0.25, 0.3) is 5.56 Å². The highest BCUT2D eigenvalue weighted by molar-refractivity contribution is 6.42. The fraction of sp³-hybridized carbons (Fsp3) is 0.0526. The molecule has 0 saturated heterocycles. The monoisotopic (exact) mass is 476 g/mol. The lowest BCUT2D eigenvalue weighted by molar-refractivity contribution is -0.387. The lowest BCUT2D eigenvalue weighted by atomic mass is 10.2. The number of carbonyl (C=O) groups excluding carboxylic acids is 1. The second-order valence-corrected chi connectivity index (χ2v) is 7.36. The molecular weight excluding hydrogens is 466 g/mol. The second-order valence-electron chi connectivity index (χ2n) is 6.54. The molecule has 1 N–H and O–H groups in total. The number of anilines is 1. The van der Waals surface area contributed by atoms with E-state index in [2.05, 4.69) is 15.4 Å². The largest absolute Gasteiger partial charge is 0.324 e. The van der Waals surface area contributed by atoms with Crippen molar-refractivity contribution in [1.29, 1.82) is 0 Å². The molecule has 0 unspecified atom stereocenters. The number of fused-ring (bicyclic) bond motifs is 1. The van der Waals surface area contributed by atoms with E-state index >= 15 is 0 Å². The standard InChI is InChI=1S/C19H11Cl2FN6O4/c20-13-3-2-11(6-14(13)21)27-18-12(7-24-27)19(30)26(9-23-18)8-17(29)25-10-1-4-15(22)16(5-10)28(31)32/h1-7,9H,8H2,(H,25,29). The van der Waals surface area contributed by atoms with E-state index < -0.39 is 34.4 Å². The van der Waals surface area contributed by atoms with Crippen LogP contribution in [-0.4, -0.2) is 30.2 Å². The summed E-state index contributed by atoms with van der Waals surface area (Å²) in [6.07, 6.45) is 2.48. The molecule has 32 heavy (non-hydrogen) atoms. The van der Waals surface area contributed by atoms with Gasteiger partial charge in [-0.05, 0) is 30.3 Å². The summed E-state index contributed by atoms with van der Waals surface area (Å²) in [7, 11) is 0. The van der Waals surface area contributed by atoms with E-state index in [4.69, 9.17) is 23.2 Å². The average molecular weight is 477 g/mol. The molecule has 4 rings (SSSR count). The van der Waals surface area contributed by atoms with Crippen LogP contribution in [0.1, 0.15) is 0 Å². The molecule has 162 valence electrons. The van der Waals surface area contributed by atoms with Gasteiger partial charge in [-0.2, -0.15) is 9.49 Å². The Hall–Kier alpha value is -3.83. The zero-order chi connectivity index (χ0) is 23.0. The van der Waals surface area contributed by atoms with E-state index in [1.54, 1.807) is 18.2 Å². The first-order valence-corrected chi connectivity index (χ1v) is 9.62. The molecule has 0 atom stereocenters. The van der Waals surface area contributed by atoms with Crippen LogP contribution in [0.2, 0.25) is 10.0 Å². The van der Waals surface area contributed by atoms with Crippen LogP contribution in [0.25, 0.3) is 16.7 Å². The molecule has 1 amide bonds. The average Bonchev–Trinajstić information content (AvgIpc) is 3.18. The Kier molecular flexibility index (Phi) is 5.59. The maximum absolute atomic E-state index is 13.4. The van der Waals surface area contributed by atoms with Gasteiger partial charge in [-0.3, -0.25) is 24.3 Å². The molecule has 2 heterocycles. The van der Waals surface area contributed by atoms with E-state index in [0.29, 0.717) is 15.7 Å². The van der Waals surface area contributed by atoms with Crippen LogP contribution in [0.15, 0.2) is 53.7 Å². The SMILES string of the molecule is O=C(Cn1cnc2c(cnn2-c2ccc(Cl)c(Cl)c2)c1=O)Nc1ccc(F)c([N+](=O)[O-])c1. The molecule has 0 radical (unpaired) electrons. The van der Waals surface area contributed by atoms with E-state index in [9.17, 15) is 24.1 Å². The summed E-state index contributed by atoms with van der Waals surface area (Å²) in [5, 5.41) is 18.2. The molecule has 2 aromatic carbocycles. The summed E-state index contributed by atoms with van der Waals surface area (Å²) < 4.78 is 15.9. The minimum absolute atomic E-state index is 0.0117. The van der Waals surface area contributed by atoms with E-state index in [1.807, 2.05) is 0 Å². The minimum atomic E-state index is -1.03. The summed E-state index contributed by atoms with van der Waals surface area (Å²) in [6, 6.07) is 7.73. The number of rotatable bonds is 5. The van der Waals surface area contributed by atoms with Crippen molar-refractivity contribution in [2.75, 3.05) is 5.32 Å².